The lowest BCUT2D eigenvalue weighted by atomic mass is 9.90. The van der Waals surface area contributed by atoms with Gasteiger partial charge in [0.05, 0.1) is 5.56 Å². The molecule has 3 nitrogen and oxygen atoms in total. The molecular weight excluding hydrogens is 320 g/mol. The lowest BCUT2D eigenvalue weighted by Crippen LogP contribution is -2.12. The number of rotatable bonds is 3. The molecule has 4 heteroatoms. The molecule has 104 valence electrons. The Hall–Kier alpha value is -1.65. The van der Waals surface area contributed by atoms with Crippen molar-refractivity contribution < 1.29 is 15.0 Å². The first-order valence-corrected chi connectivity index (χ1v) is 6.98. The fraction of sp³-hybridized carbons (Fsp3) is 0.188. The summed E-state index contributed by atoms with van der Waals surface area (Å²) in [7, 11) is 0. The first-order valence-electron chi connectivity index (χ1n) is 6.18. The smallest absolute Gasteiger partial charge is 0.336 e. The number of aryl methyl sites for hydroxylation is 2. The van der Waals surface area contributed by atoms with Crippen LogP contribution >= 0.6 is 15.9 Å². The van der Waals surface area contributed by atoms with Crippen LogP contribution in [0, 0.1) is 13.8 Å². The van der Waals surface area contributed by atoms with Gasteiger partial charge in [-0.2, -0.15) is 0 Å². The van der Waals surface area contributed by atoms with Gasteiger partial charge in [0.25, 0.3) is 0 Å². The topological polar surface area (TPSA) is 57.5 Å². The number of hydrogen-bond acceptors (Lipinski definition) is 2. The minimum absolute atomic E-state index is 0.181. The highest BCUT2D eigenvalue weighted by atomic mass is 79.9. The second-order valence-electron chi connectivity index (χ2n) is 4.75. The van der Waals surface area contributed by atoms with Gasteiger partial charge in [0.15, 0.2) is 0 Å². The van der Waals surface area contributed by atoms with Crippen LogP contribution in [0.1, 0.15) is 38.7 Å². The molecular formula is C16H15BrO3. The highest BCUT2D eigenvalue weighted by Crippen LogP contribution is 2.30. The van der Waals surface area contributed by atoms with E-state index < -0.39 is 12.1 Å². The van der Waals surface area contributed by atoms with Gasteiger partial charge in [-0.15, -0.1) is 0 Å². The molecule has 0 radical (unpaired) electrons. The lowest BCUT2D eigenvalue weighted by Gasteiger charge is -2.18. The molecule has 0 spiro atoms. The minimum Gasteiger partial charge on any atom is -0.478 e. The number of carboxylic acid groups (broad SMARTS) is 1. The Balaban J connectivity index is 2.59. The van der Waals surface area contributed by atoms with Crippen molar-refractivity contribution in [3.05, 3.63) is 68.7 Å². The van der Waals surface area contributed by atoms with Gasteiger partial charge in [-0.3, -0.25) is 0 Å². The molecule has 0 heterocycles. The molecule has 0 aliphatic rings. The minimum atomic E-state index is -1.02. The Morgan fingerprint density at radius 1 is 1.05 bits per heavy atom. The molecule has 2 N–H and O–H groups in total. The molecule has 0 amide bonds. The van der Waals surface area contributed by atoms with Crippen LogP contribution < -0.4 is 0 Å². The normalized spacial score (nSPS) is 12.2. The first kappa shape index (κ1) is 14.8. The third-order valence-corrected chi connectivity index (χ3v) is 3.87. The van der Waals surface area contributed by atoms with E-state index in [4.69, 9.17) is 0 Å². The average Bonchev–Trinajstić information content (AvgIpc) is 2.40. The van der Waals surface area contributed by atoms with Crippen molar-refractivity contribution >= 4 is 21.9 Å². The van der Waals surface area contributed by atoms with Gasteiger partial charge < -0.3 is 10.2 Å². The van der Waals surface area contributed by atoms with Crippen molar-refractivity contribution in [1.29, 1.82) is 0 Å². The van der Waals surface area contributed by atoms with E-state index in [0.29, 0.717) is 16.7 Å². The summed E-state index contributed by atoms with van der Waals surface area (Å²) in [5, 5.41) is 19.9. The van der Waals surface area contributed by atoms with Gasteiger partial charge in [-0.1, -0.05) is 40.2 Å². The summed E-state index contributed by atoms with van der Waals surface area (Å²) in [4.78, 5) is 11.5. The zero-order valence-electron chi connectivity index (χ0n) is 11.2. The van der Waals surface area contributed by atoms with E-state index in [2.05, 4.69) is 15.9 Å². The molecule has 0 saturated carbocycles. The van der Waals surface area contributed by atoms with E-state index in [0.717, 1.165) is 10.0 Å². The SMILES string of the molecule is Cc1ccc(C)c(C(O)c2ccc(Br)cc2)c1C(=O)O. The molecule has 0 aliphatic carbocycles. The standard InChI is InChI=1S/C16H15BrO3/c1-9-3-4-10(2)14(16(19)20)13(9)15(18)11-5-7-12(17)8-6-11/h3-8,15,18H,1-2H3,(H,19,20). The van der Waals surface area contributed by atoms with Crippen LogP contribution in [-0.2, 0) is 0 Å². The molecule has 2 rings (SSSR count). The number of carbonyl (C=O) groups is 1. The summed E-state index contributed by atoms with van der Waals surface area (Å²) in [5.74, 6) is -1.02. The molecule has 0 saturated heterocycles. The van der Waals surface area contributed by atoms with E-state index in [1.54, 1.807) is 25.1 Å². The summed E-state index contributed by atoms with van der Waals surface area (Å²) in [6.07, 6.45) is -0.950. The number of halogens is 1. The van der Waals surface area contributed by atoms with E-state index in [9.17, 15) is 15.0 Å². The molecule has 0 fully saturated rings. The maximum Gasteiger partial charge on any atom is 0.336 e. The molecule has 0 aromatic heterocycles. The van der Waals surface area contributed by atoms with Crippen LogP contribution in [0.5, 0.6) is 0 Å². The highest BCUT2D eigenvalue weighted by Gasteiger charge is 2.22. The third kappa shape index (κ3) is 2.76. The van der Waals surface area contributed by atoms with Gasteiger partial charge in [0, 0.05) is 10.0 Å². The van der Waals surface area contributed by atoms with E-state index in [1.807, 2.05) is 25.1 Å². The fourth-order valence-electron chi connectivity index (χ4n) is 2.28. The highest BCUT2D eigenvalue weighted by molar-refractivity contribution is 9.10. The average molecular weight is 335 g/mol. The van der Waals surface area contributed by atoms with Crippen molar-refractivity contribution in [2.75, 3.05) is 0 Å². The molecule has 1 unspecified atom stereocenters. The number of carboxylic acids is 1. The maximum absolute atomic E-state index is 11.5. The maximum atomic E-state index is 11.5. The molecule has 0 bridgehead atoms. The number of benzene rings is 2. The summed E-state index contributed by atoms with van der Waals surface area (Å²) in [6, 6.07) is 10.8. The van der Waals surface area contributed by atoms with E-state index >= 15 is 0 Å². The van der Waals surface area contributed by atoms with Crippen LogP contribution in [-0.4, -0.2) is 16.2 Å². The fourth-order valence-corrected chi connectivity index (χ4v) is 2.55. The van der Waals surface area contributed by atoms with Gasteiger partial charge >= 0.3 is 5.97 Å². The Kier molecular flexibility index (Phi) is 4.26. The van der Waals surface area contributed by atoms with E-state index in [1.165, 1.54) is 0 Å². The molecule has 2 aromatic rings. The summed E-state index contributed by atoms with van der Waals surface area (Å²) < 4.78 is 0.910. The molecule has 1 atom stereocenters. The lowest BCUT2D eigenvalue weighted by molar-refractivity contribution is 0.0690. The van der Waals surface area contributed by atoms with Crippen LogP contribution in [0.25, 0.3) is 0 Å². The first-order chi connectivity index (χ1) is 9.41. The van der Waals surface area contributed by atoms with Gasteiger partial charge in [-0.05, 0) is 42.7 Å². The van der Waals surface area contributed by atoms with Crippen LogP contribution in [0.4, 0.5) is 0 Å². The van der Waals surface area contributed by atoms with Crippen molar-refractivity contribution in [3.63, 3.8) is 0 Å². The predicted molar refractivity (Wildman–Crippen MR) is 81.1 cm³/mol. The van der Waals surface area contributed by atoms with Gasteiger partial charge in [0.2, 0.25) is 0 Å². The number of aliphatic hydroxyl groups is 1. The monoisotopic (exact) mass is 334 g/mol. The quantitative estimate of drug-likeness (QED) is 0.896. The molecule has 2 aromatic carbocycles. The summed E-state index contributed by atoms with van der Waals surface area (Å²) >= 11 is 3.34. The Labute approximate surface area is 126 Å². The van der Waals surface area contributed by atoms with Crippen molar-refractivity contribution in [2.24, 2.45) is 0 Å². The Morgan fingerprint density at radius 3 is 2.15 bits per heavy atom. The van der Waals surface area contributed by atoms with Crippen molar-refractivity contribution in [2.45, 2.75) is 20.0 Å². The second kappa shape index (κ2) is 5.77. The van der Waals surface area contributed by atoms with Gasteiger partial charge in [-0.25, -0.2) is 4.79 Å². The number of aromatic carboxylic acids is 1. The summed E-state index contributed by atoms with van der Waals surface area (Å²) in [5.41, 5.74) is 2.72. The zero-order chi connectivity index (χ0) is 14.9. The molecule has 0 aliphatic heterocycles. The van der Waals surface area contributed by atoms with E-state index in [-0.39, 0.29) is 5.56 Å². The van der Waals surface area contributed by atoms with Crippen molar-refractivity contribution in [3.8, 4) is 0 Å². The second-order valence-corrected chi connectivity index (χ2v) is 5.66. The van der Waals surface area contributed by atoms with Crippen molar-refractivity contribution in [1.82, 2.24) is 0 Å². The largest absolute Gasteiger partial charge is 0.478 e. The van der Waals surface area contributed by atoms with Crippen LogP contribution in [0.15, 0.2) is 40.9 Å². The zero-order valence-corrected chi connectivity index (χ0v) is 12.8. The number of aliphatic hydroxyl groups excluding tert-OH is 1. The third-order valence-electron chi connectivity index (χ3n) is 3.34. The van der Waals surface area contributed by atoms with Crippen LogP contribution in [0.3, 0.4) is 0 Å². The number of hydrogen-bond donors (Lipinski definition) is 2. The van der Waals surface area contributed by atoms with Crippen LogP contribution in [0.2, 0.25) is 0 Å². The Morgan fingerprint density at radius 2 is 1.60 bits per heavy atom. The predicted octanol–water partition coefficient (Wildman–Crippen LogP) is 3.85. The van der Waals surface area contributed by atoms with Gasteiger partial charge in [0.1, 0.15) is 6.10 Å². The summed E-state index contributed by atoms with van der Waals surface area (Å²) in [6.45, 7) is 3.55. The molecule has 20 heavy (non-hydrogen) atoms. The Bertz CT molecular complexity index is 648.